The van der Waals surface area contributed by atoms with Crippen LogP contribution in [0.25, 0.3) is 10.8 Å². The zero-order chi connectivity index (χ0) is 18.0. The van der Waals surface area contributed by atoms with Crippen molar-refractivity contribution in [3.8, 4) is 11.5 Å². The molecule has 0 saturated heterocycles. The van der Waals surface area contributed by atoms with Crippen LogP contribution in [0.1, 0.15) is 20.7 Å². The molecule has 3 aromatic carbocycles. The molecule has 5 nitrogen and oxygen atoms in total. The van der Waals surface area contributed by atoms with E-state index in [2.05, 4.69) is 5.32 Å². The topological polar surface area (TPSA) is 75.6 Å². The molecule has 6 heteroatoms. The minimum Gasteiger partial charge on any atom is -0.506 e. The first kappa shape index (κ1) is 16.8. The standard InChI is InChI=1S/C19H14ClNO4/c1-25-17-7-6-12(20)9-16(17)21-19(24)14-8-11-4-2-3-5-13(11)15(10-22)18(14)23/h2-10,23H,1H3,(H,21,24). The number of benzene rings is 3. The molecule has 0 spiro atoms. The number of methoxy groups -OCH3 is 1. The summed E-state index contributed by atoms with van der Waals surface area (Å²) < 4.78 is 5.19. The SMILES string of the molecule is COc1ccc(Cl)cc1NC(=O)c1cc2ccccc2c(C=O)c1O. The molecule has 0 aliphatic heterocycles. The summed E-state index contributed by atoms with van der Waals surface area (Å²) >= 11 is 5.96. The maximum Gasteiger partial charge on any atom is 0.259 e. The Labute approximate surface area is 148 Å². The van der Waals surface area contributed by atoms with Gasteiger partial charge in [-0.05, 0) is 35.0 Å². The number of hydrogen-bond donors (Lipinski definition) is 2. The monoisotopic (exact) mass is 355 g/mol. The van der Waals surface area contributed by atoms with Crippen LogP contribution in [0.4, 0.5) is 5.69 Å². The van der Waals surface area contributed by atoms with Crippen molar-refractivity contribution in [1.82, 2.24) is 0 Å². The van der Waals surface area contributed by atoms with Crippen LogP contribution in [0.2, 0.25) is 5.02 Å². The van der Waals surface area contributed by atoms with Gasteiger partial charge in [0.15, 0.2) is 6.29 Å². The van der Waals surface area contributed by atoms with Crippen LogP contribution < -0.4 is 10.1 Å². The van der Waals surface area contributed by atoms with Gasteiger partial charge in [0.2, 0.25) is 0 Å². The number of fused-ring (bicyclic) bond motifs is 1. The van der Waals surface area contributed by atoms with Gasteiger partial charge in [0.25, 0.3) is 5.91 Å². The van der Waals surface area contributed by atoms with Crippen molar-refractivity contribution in [1.29, 1.82) is 0 Å². The van der Waals surface area contributed by atoms with Crippen molar-refractivity contribution in [2.75, 3.05) is 12.4 Å². The summed E-state index contributed by atoms with van der Waals surface area (Å²) in [5.41, 5.74) is 0.421. The van der Waals surface area contributed by atoms with E-state index in [9.17, 15) is 14.7 Å². The van der Waals surface area contributed by atoms with Crippen molar-refractivity contribution in [2.24, 2.45) is 0 Å². The fourth-order valence-electron chi connectivity index (χ4n) is 2.62. The number of anilines is 1. The molecule has 0 atom stereocenters. The Bertz CT molecular complexity index is 985. The zero-order valence-corrected chi connectivity index (χ0v) is 14.0. The highest BCUT2D eigenvalue weighted by atomic mass is 35.5. The van der Waals surface area contributed by atoms with Crippen LogP contribution >= 0.6 is 11.6 Å². The van der Waals surface area contributed by atoms with Crippen LogP contribution in [0.15, 0.2) is 48.5 Å². The Kier molecular flexibility index (Phi) is 4.59. The fourth-order valence-corrected chi connectivity index (χ4v) is 2.80. The Hall–Kier alpha value is -3.05. The smallest absolute Gasteiger partial charge is 0.259 e. The van der Waals surface area contributed by atoms with Gasteiger partial charge >= 0.3 is 0 Å². The summed E-state index contributed by atoms with van der Waals surface area (Å²) in [5.74, 6) is -0.521. The predicted octanol–water partition coefficient (Wildman–Crippen LogP) is 4.27. The van der Waals surface area contributed by atoms with Gasteiger partial charge in [-0.2, -0.15) is 0 Å². The van der Waals surface area contributed by atoms with Gasteiger partial charge in [0.05, 0.1) is 23.9 Å². The van der Waals surface area contributed by atoms with E-state index in [4.69, 9.17) is 16.3 Å². The van der Waals surface area contributed by atoms with Crippen molar-refractivity contribution in [2.45, 2.75) is 0 Å². The van der Waals surface area contributed by atoms with Crippen LogP contribution in [0.5, 0.6) is 11.5 Å². The highest BCUT2D eigenvalue weighted by Crippen LogP contribution is 2.32. The Morgan fingerprint density at radius 2 is 1.96 bits per heavy atom. The molecule has 0 unspecified atom stereocenters. The third-order valence-electron chi connectivity index (χ3n) is 3.83. The number of rotatable bonds is 4. The van der Waals surface area contributed by atoms with E-state index in [0.29, 0.717) is 33.5 Å². The number of carbonyl (C=O) groups is 2. The molecule has 0 heterocycles. The van der Waals surface area contributed by atoms with Gasteiger partial charge < -0.3 is 15.2 Å². The molecule has 25 heavy (non-hydrogen) atoms. The molecule has 0 aliphatic rings. The maximum atomic E-state index is 12.6. The maximum absolute atomic E-state index is 12.6. The van der Waals surface area contributed by atoms with E-state index in [1.807, 2.05) is 0 Å². The number of halogens is 1. The lowest BCUT2D eigenvalue weighted by Gasteiger charge is -2.13. The Balaban J connectivity index is 2.07. The van der Waals surface area contributed by atoms with E-state index < -0.39 is 5.91 Å². The minimum absolute atomic E-state index is 0.0113. The van der Waals surface area contributed by atoms with Gasteiger partial charge in [-0.15, -0.1) is 0 Å². The van der Waals surface area contributed by atoms with Gasteiger partial charge in [-0.25, -0.2) is 0 Å². The number of aldehydes is 1. The average Bonchev–Trinajstić information content (AvgIpc) is 2.61. The van der Waals surface area contributed by atoms with Crippen LogP contribution in [0, 0.1) is 0 Å². The first-order valence-corrected chi connectivity index (χ1v) is 7.77. The van der Waals surface area contributed by atoms with E-state index in [-0.39, 0.29) is 16.9 Å². The molecule has 2 N–H and O–H groups in total. The second-order valence-corrected chi connectivity index (χ2v) is 5.76. The highest BCUT2D eigenvalue weighted by molar-refractivity contribution is 6.31. The van der Waals surface area contributed by atoms with E-state index in [1.54, 1.807) is 36.4 Å². The summed E-state index contributed by atoms with van der Waals surface area (Å²) in [5, 5.41) is 14.7. The Morgan fingerprint density at radius 1 is 1.20 bits per heavy atom. The van der Waals surface area contributed by atoms with Crippen LogP contribution in [-0.4, -0.2) is 24.4 Å². The van der Waals surface area contributed by atoms with Gasteiger partial charge in [-0.1, -0.05) is 35.9 Å². The summed E-state index contributed by atoms with van der Waals surface area (Å²) in [6.07, 6.45) is 0.536. The highest BCUT2D eigenvalue weighted by Gasteiger charge is 2.19. The zero-order valence-electron chi connectivity index (χ0n) is 13.2. The normalized spacial score (nSPS) is 10.5. The van der Waals surface area contributed by atoms with Gasteiger partial charge in [0.1, 0.15) is 11.5 Å². The number of ether oxygens (including phenoxy) is 1. The number of amides is 1. The number of carbonyl (C=O) groups excluding carboxylic acids is 2. The summed E-state index contributed by atoms with van der Waals surface area (Å²) in [6, 6.07) is 13.3. The van der Waals surface area contributed by atoms with Crippen molar-refractivity contribution in [3.05, 3.63) is 64.7 Å². The third-order valence-corrected chi connectivity index (χ3v) is 4.07. The number of phenolic OH excluding ortho intramolecular Hbond substituents is 1. The van der Waals surface area contributed by atoms with Gasteiger partial charge in [-0.3, -0.25) is 9.59 Å². The minimum atomic E-state index is -0.577. The molecular weight excluding hydrogens is 342 g/mol. The molecule has 0 aliphatic carbocycles. The van der Waals surface area contributed by atoms with Crippen LogP contribution in [-0.2, 0) is 0 Å². The number of nitrogens with one attached hydrogen (secondary N) is 1. The molecule has 0 saturated carbocycles. The molecule has 1 amide bonds. The largest absolute Gasteiger partial charge is 0.506 e. The molecule has 0 bridgehead atoms. The number of aromatic hydroxyl groups is 1. The third kappa shape index (κ3) is 3.14. The van der Waals surface area contributed by atoms with E-state index in [0.717, 1.165) is 0 Å². The van der Waals surface area contributed by atoms with Gasteiger partial charge in [0, 0.05) is 5.02 Å². The second kappa shape index (κ2) is 6.83. The second-order valence-electron chi connectivity index (χ2n) is 5.32. The average molecular weight is 356 g/mol. The molecule has 0 fully saturated rings. The summed E-state index contributed by atoms with van der Waals surface area (Å²) in [4.78, 5) is 24.0. The molecule has 126 valence electrons. The van der Waals surface area contributed by atoms with Crippen LogP contribution in [0.3, 0.4) is 0 Å². The number of hydrogen-bond acceptors (Lipinski definition) is 4. The van der Waals surface area contributed by atoms with Crippen molar-refractivity contribution in [3.63, 3.8) is 0 Å². The molecule has 0 aromatic heterocycles. The summed E-state index contributed by atoms with van der Waals surface area (Å²) in [6.45, 7) is 0. The lowest BCUT2D eigenvalue weighted by atomic mass is 9.99. The summed E-state index contributed by atoms with van der Waals surface area (Å²) in [7, 11) is 1.47. The molecule has 3 aromatic rings. The lowest BCUT2D eigenvalue weighted by molar-refractivity contribution is 0.102. The molecular formula is C19H14ClNO4. The van der Waals surface area contributed by atoms with E-state index in [1.165, 1.54) is 19.2 Å². The first-order chi connectivity index (χ1) is 12.0. The first-order valence-electron chi connectivity index (χ1n) is 7.40. The predicted molar refractivity (Wildman–Crippen MR) is 97.0 cm³/mol. The lowest BCUT2D eigenvalue weighted by Crippen LogP contribution is -2.13. The number of phenols is 1. The quantitative estimate of drug-likeness (QED) is 0.685. The molecule has 0 radical (unpaired) electrons. The fraction of sp³-hybridized carbons (Fsp3) is 0.0526. The van der Waals surface area contributed by atoms with E-state index >= 15 is 0 Å². The van der Waals surface area contributed by atoms with Crippen molar-refractivity contribution < 1.29 is 19.4 Å². The van der Waals surface area contributed by atoms with Crippen molar-refractivity contribution >= 4 is 40.3 Å². The Morgan fingerprint density at radius 3 is 2.68 bits per heavy atom. The molecule has 3 rings (SSSR count).